The van der Waals surface area contributed by atoms with Crippen LogP contribution in [0, 0.1) is 11.3 Å². The molecule has 0 aliphatic heterocycles. The highest BCUT2D eigenvalue weighted by Crippen LogP contribution is 2.38. The second-order valence-corrected chi connectivity index (χ2v) is 6.20. The van der Waals surface area contributed by atoms with Crippen molar-refractivity contribution in [3.8, 4) is 0 Å². The lowest BCUT2D eigenvalue weighted by atomic mass is 9.68. The van der Waals surface area contributed by atoms with E-state index in [-0.39, 0.29) is 19.1 Å². The van der Waals surface area contributed by atoms with Gasteiger partial charge in [-0.15, -0.1) is 0 Å². The Balaban J connectivity index is 4.33. The van der Waals surface area contributed by atoms with Gasteiger partial charge in [-0.2, -0.15) is 0 Å². The van der Waals surface area contributed by atoms with Gasteiger partial charge in [-0.05, 0) is 38.5 Å². The van der Waals surface area contributed by atoms with Crippen molar-refractivity contribution in [1.29, 1.82) is 0 Å². The number of aliphatic hydroxyl groups excluding tert-OH is 3. The van der Waals surface area contributed by atoms with E-state index in [1.165, 1.54) is 0 Å². The van der Waals surface area contributed by atoms with E-state index in [4.69, 9.17) is 5.11 Å². The second kappa shape index (κ2) is 7.43. The third-order valence-corrected chi connectivity index (χ3v) is 4.30. The lowest BCUT2D eigenvalue weighted by molar-refractivity contribution is -0.121. The lowest BCUT2D eigenvalue weighted by Gasteiger charge is -2.43. The largest absolute Gasteiger partial charge is 0.396 e. The molecule has 0 radical (unpaired) electrons. The van der Waals surface area contributed by atoms with Gasteiger partial charge in [-0.3, -0.25) is 0 Å². The number of aliphatic hydroxyl groups is 4. The van der Waals surface area contributed by atoms with Crippen molar-refractivity contribution < 1.29 is 20.4 Å². The predicted octanol–water partition coefficient (Wildman–Crippen LogP) is 1.31. The number of rotatable bonds is 9. The van der Waals surface area contributed by atoms with E-state index in [1.54, 1.807) is 6.92 Å². The smallest absolute Gasteiger partial charge is 0.0718 e. The zero-order chi connectivity index (χ0) is 14.4. The summed E-state index contributed by atoms with van der Waals surface area (Å²) in [4.78, 5) is 0. The zero-order valence-electron chi connectivity index (χ0n) is 12.2. The van der Waals surface area contributed by atoms with Crippen molar-refractivity contribution in [2.45, 2.75) is 65.1 Å². The molecule has 4 N–H and O–H groups in total. The SMILES string of the molecule is CC(CC(O)CCCCO)C(C)(O)C(C)(C)CO. The van der Waals surface area contributed by atoms with Crippen LogP contribution in [-0.2, 0) is 0 Å². The van der Waals surface area contributed by atoms with Gasteiger partial charge < -0.3 is 20.4 Å². The van der Waals surface area contributed by atoms with Crippen LogP contribution in [0.1, 0.15) is 53.4 Å². The summed E-state index contributed by atoms with van der Waals surface area (Å²) in [6, 6.07) is 0. The quantitative estimate of drug-likeness (QED) is 0.472. The summed E-state index contributed by atoms with van der Waals surface area (Å²) in [7, 11) is 0. The maximum absolute atomic E-state index is 10.5. The number of unbranched alkanes of at least 4 members (excludes halogenated alkanes) is 1. The molecule has 3 unspecified atom stereocenters. The van der Waals surface area contributed by atoms with Gasteiger partial charge in [0.05, 0.1) is 18.3 Å². The third kappa shape index (κ3) is 4.84. The molecule has 0 saturated carbocycles. The molecule has 0 saturated heterocycles. The van der Waals surface area contributed by atoms with E-state index >= 15 is 0 Å². The van der Waals surface area contributed by atoms with Crippen LogP contribution in [0.2, 0.25) is 0 Å². The molecule has 0 aliphatic carbocycles. The van der Waals surface area contributed by atoms with E-state index in [0.29, 0.717) is 19.3 Å². The van der Waals surface area contributed by atoms with E-state index < -0.39 is 17.1 Å². The second-order valence-electron chi connectivity index (χ2n) is 6.20. The van der Waals surface area contributed by atoms with Crippen LogP contribution in [0.4, 0.5) is 0 Å². The summed E-state index contributed by atoms with van der Waals surface area (Å²) >= 11 is 0. The summed E-state index contributed by atoms with van der Waals surface area (Å²) in [5.41, 5.74) is -1.63. The Labute approximate surface area is 111 Å². The molecule has 0 aromatic heterocycles. The predicted molar refractivity (Wildman–Crippen MR) is 72.2 cm³/mol. The van der Waals surface area contributed by atoms with Gasteiger partial charge in [0, 0.05) is 12.0 Å². The summed E-state index contributed by atoms with van der Waals surface area (Å²) < 4.78 is 0. The molecule has 0 amide bonds. The molecule has 4 nitrogen and oxygen atoms in total. The summed E-state index contributed by atoms with van der Waals surface area (Å²) in [6.07, 6.45) is 2.16. The van der Waals surface area contributed by atoms with E-state index in [9.17, 15) is 15.3 Å². The molecule has 110 valence electrons. The average Bonchev–Trinajstić information content (AvgIpc) is 2.28. The zero-order valence-corrected chi connectivity index (χ0v) is 12.2. The van der Waals surface area contributed by atoms with Gasteiger partial charge in [0.25, 0.3) is 0 Å². The Hall–Kier alpha value is -0.160. The molecule has 0 fully saturated rings. The van der Waals surface area contributed by atoms with Crippen molar-refractivity contribution in [2.24, 2.45) is 11.3 Å². The molecular weight excluding hydrogens is 232 g/mol. The van der Waals surface area contributed by atoms with Gasteiger partial charge in [0.2, 0.25) is 0 Å². The Morgan fingerprint density at radius 1 is 1.06 bits per heavy atom. The van der Waals surface area contributed by atoms with Crippen molar-refractivity contribution >= 4 is 0 Å². The number of hydrogen-bond acceptors (Lipinski definition) is 4. The van der Waals surface area contributed by atoms with E-state index in [2.05, 4.69) is 0 Å². The normalized spacial score (nSPS) is 19.3. The maximum atomic E-state index is 10.5. The molecule has 4 heteroatoms. The minimum absolute atomic E-state index is 0.0923. The summed E-state index contributed by atoms with van der Waals surface area (Å²) in [5, 5.41) is 38.4. The highest BCUT2D eigenvalue weighted by Gasteiger charge is 2.43. The molecule has 18 heavy (non-hydrogen) atoms. The van der Waals surface area contributed by atoms with E-state index in [1.807, 2.05) is 20.8 Å². The Morgan fingerprint density at radius 3 is 2.06 bits per heavy atom. The van der Waals surface area contributed by atoms with Crippen molar-refractivity contribution in [3.63, 3.8) is 0 Å². The topological polar surface area (TPSA) is 80.9 Å². The highest BCUT2D eigenvalue weighted by molar-refractivity contribution is 4.93. The molecule has 0 rings (SSSR count). The number of hydrogen-bond donors (Lipinski definition) is 4. The molecule has 0 bridgehead atoms. The van der Waals surface area contributed by atoms with Crippen LogP contribution in [0.5, 0.6) is 0 Å². The van der Waals surface area contributed by atoms with Crippen LogP contribution >= 0.6 is 0 Å². The first kappa shape index (κ1) is 17.8. The Morgan fingerprint density at radius 2 is 1.61 bits per heavy atom. The molecule has 3 atom stereocenters. The molecule has 0 spiro atoms. The minimum atomic E-state index is -1.03. The van der Waals surface area contributed by atoms with Crippen molar-refractivity contribution in [3.05, 3.63) is 0 Å². The molecule has 0 heterocycles. The highest BCUT2D eigenvalue weighted by atomic mass is 16.3. The molecule has 0 aromatic rings. The lowest BCUT2D eigenvalue weighted by Crippen LogP contribution is -2.50. The van der Waals surface area contributed by atoms with E-state index in [0.717, 1.165) is 6.42 Å². The average molecular weight is 262 g/mol. The first-order chi connectivity index (χ1) is 8.19. The third-order valence-electron chi connectivity index (χ3n) is 4.30. The fourth-order valence-corrected chi connectivity index (χ4v) is 2.07. The Bertz CT molecular complexity index is 226. The van der Waals surface area contributed by atoms with Gasteiger partial charge in [0.15, 0.2) is 0 Å². The summed E-state index contributed by atoms with van der Waals surface area (Å²) in [5.74, 6) is -0.108. The van der Waals surface area contributed by atoms with Gasteiger partial charge in [0.1, 0.15) is 0 Å². The van der Waals surface area contributed by atoms with Gasteiger partial charge >= 0.3 is 0 Å². The van der Waals surface area contributed by atoms with Crippen LogP contribution in [0.3, 0.4) is 0 Å². The first-order valence-electron chi connectivity index (χ1n) is 6.81. The van der Waals surface area contributed by atoms with Crippen molar-refractivity contribution in [2.75, 3.05) is 13.2 Å². The van der Waals surface area contributed by atoms with Gasteiger partial charge in [-0.1, -0.05) is 20.8 Å². The fraction of sp³-hybridized carbons (Fsp3) is 1.00. The first-order valence-corrected chi connectivity index (χ1v) is 6.81. The fourth-order valence-electron chi connectivity index (χ4n) is 2.07. The molecular formula is C14H30O4. The van der Waals surface area contributed by atoms with Gasteiger partial charge in [-0.25, -0.2) is 0 Å². The standard InChI is InChI=1S/C14H30O4/c1-11(9-12(17)7-5-6-8-15)14(4,18)13(2,3)10-16/h11-12,15-18H,5-10H2,1-4H3. The van der Waals surface area contributed by atoms with Crippen LogP contribution in [0.15, 0.2) is 0 Å². The van der Waals surface area contributed by atoms with Crippen LogP contribution < -0.4 is 0 Å². The minimum Gasteiger partial charge on any atom is -0.396 e. The van der Waals surface area contributed by atoms with Crippen LogP contribution in [0.25, 0.3) is 0 Å². The molecule has 0 aromatic carbocycles. The summed E-state index contributed by atoms with van der Waals surface area (Å²) in [6.45, 7) is 7.31. The Kier molecular flexibility index (Phi) is 7.37. The maximum Gasteiger partial charge on any atom is 0.0718 e. The van der Waals surface area contributed by atoms with Crippen LogP contribution in [-0.4, -0.2) is 45.3 Å². The molecule has 0 aliphatic rings. The monoisotopic (exact) mass is 262 g/mol. The van der Waals surface area contributed by atoms with Crippen molar-refractivity contribution in [1.82, 2.24) is 0 Å².